The van der Waals surface area contributed by atoms with Crippen molar-refractivity contribution in [3.8, 4) is 0 Å². The van der Waals surface area contributed by atoms with Gasteiger partial charge in [-0.15, -0.1) is 0 Å². The van der Waals surface area contributed by atoms with Gasteiger partial charge in [-0.3, -0.25) is 24.1 Å². The summed E-state index contributed by atoms with van der Waals surface area (Å²) >= 11 is 0. The number of benzene rings is 2. The van der Waals surface area contributed by atoms with Crippen LogP contribution in [0.25, 0.3) is 6.08 Å². The molecule has 31 heavy (non-hydrogen) atoms. The third-order valence-electron chi connectivity index (χ3n) is 4.55. The van der Waals surface area contributed by atoms with E-state index in [1.54, 1.807) is 30.3 Å². The third kappa shape index (κ3) is 6.02. The van der Waals surface area contributed by atoms with E-state index in [4.69, 9.17) is 4.74 Å². The van der Waals surface area contributed by atoms with Crippen LogP contribution in [0.3, 0.4) is 0 Å². The van der Waals surface area contributed by atoms with Gasteiger partial charge in [-0.1, -0.05) is 42.5 Å². The van der Waals surface area contributed by atoms with Crippen LogP contribution in [0.5, 0.6) is 0 Å². The Kier molecular flexibility index (Phi) is 7.16. The summed E-state index contributed by atoms with van der Waals surface area (Å²) in [5.74, 6) is -1.78. The summed E-state index contributed by atoms with van der Waals surface area (Å²) in [6.45, 7) is 1.38. The minimum atomic E-state index is -1.07. The zero-order chi connectivity index (χ0) is 22.2. The fourth-order valence-corrected chi connectivity index (χ4v) is 3.04. The molecule has 1 heterocycles. The molecule has 0 fully saturated rings. The lowest BCUT2D eigenvalue weighted by molar-refractivity contribution is -0.153. The Morgan fingerprint density at radius 3 is 2.61 bits per heavy atom. The van der Waals surface area contributed by atoms with Crippen LogP contribution in [0, 0.1) is 0 Å². The van der Waals surface area contributed by atoms with Crippen LogP contribution in [-0.4, -0.2) is 42.9 Å². The van der Waals surface area contributed by atoms with Gasteiger partial charge in [-0.2, -0.15) is 0 Å². The van der Waals surface area contributed by atoms with Gasteiger partial charge in [0, 0.05) is 12.6 Å². The molecule has 0 radical (unpaired) electrons. The largest absolute Gasteiger partial charge is 0.452 e. The van der Waals surface area contributed by atoms with Crippen LogP contribution in [0.2, 0.25) is 0 Å². The molecule has 3 rings (SSSR count). The predicted octanol–water partition coefficient (Wildman–Crippen LogP) is 2.12. The number of nitrogens with zero attached hydrogens (tertiary/aromatic N) is 1. The second-order valence-corrected chi connectivity index (χ2v) is 6.91. The molecule has 2 aromatic carbocycles. The first kappa shape index (κ1) is 21.8. The zero-order valence-electron chi connectivity index (χ0n) is 17.0. The van der Waals surface area contributed by atoms with Crippen molar-refractivity contribution in [2.45, 2.75) is 19.4 Å². The van der Waals surface area contributed by atoms with Gasteiger partial charge in [0.05, 0.1) is 17.8 Å². The molecule has 0 unspecified atom stereocenters. The van der Waals surface area contributed by atoms with Crippen LogP contribution in [0.15, 0.2) is 60.7 Å². The van der Waals surface area contributed by atoms with E-state index in [0.717, 1.165) is 5.56 Å². The first-order chi connectivity index (χ1) is 14.9. The molecule has 3 amide bonds. The Morgan fingerprint density at radius 1 is 1.13 bits per heavy atom. The summed E-state index contributed by atoms with van der Waals surface area (Å²) in [4.78, 5) is 49.8. The number of hydrogen-bond donors (Lipinski definition) is 2. The highest BCUT2D eigenvalue weighted by Crippen LogP contribution is 2.29. The van der Waals surface area contributed by atoms with Gasteiger partial charge in [-0.05, 0) is 30.7 Å². The maximum atomic E-state index is 12.7. The highest BCUT2D eigenvalue weighted by molar-refractivity contribution is 6.11. The third-order valence-corrected chi connectivity index (χ3v) is 4.55. The molecule has 0 saturated heterocycles. The van der Waals surface area contributed by atoms with E-state index in [1.165, 1.54) is 17.9 Å². The summed E-state index contributed by atoms with van der Waals surface area (Å²) in [6.07, 6.45) is 1.90. The highest BCUT2D eigenvalue weighted by Gasteiger charge is 2.31. The Balaban J connectivity index is 1.46. The number of fused-ring (bicyclic) bond motifs is 1. The van der Waals surface area contributed by atoms with E-state index in [9.17, 15) is 19.2 Å². The molecule has 0 spiro atoms. The fourth-order valence-electron chi connectivity index (χ4n) is 3.04. The minimum absolute atomic E-state index is 0.0761. The topological polar surface area (TPSA) is 105 Å². The minimum Gasteiger partial charge on any atom is -0.452 e. The van der Waals surface area contributed by atoms with Crippen LogP contribution in [0.1, 0.15) is 18.9 Å². The van der Waals surface area contributed by atoms with Crippen LogP contribution >= 0.6 is 0 Å². The predicted molar refractivity (Wildman–Crippen MR) is 116 cm³/mol. The lowest BCUT2D eigenvalue weighted by atomic mass is 10.1. The molecule has 8 nitrogen and oxygen atoms in total. The van der Waals surface area contributed by atoms with Gasteiger partial charge >= 0.3 is 5.97 Å². The van der Waals surface area contributed by atoms with Crippen molar-refractivity contribution in [1.82, 2.24) is 5.32 Å². The molecule has 2 aromatic rings. The van der Waals surface area contributed by atoms with E-state index in [-0.39, 0.29) is 31.3 Å². The molecule has 1 atom stereocenters. The molecule has 0 bridgehead atoms. The average molecular weight is 421 g/mol. The molecular weight excluding hydrogens is 398 g/mol. The first-order valence-electron chi connectivity index (χ1n) is 9.85. The standard InChI is InChI=1S/C23H23N3O5/c1-16(23(30)26-15-21(28)25-18-9-5-6-10-19(18)26)31-22(29)13-14-24-20(27)12-11-17-7-3-2-4-8-17/h2-12,16H,13-15H2,1H3,(H,24,27)(H,25,28)/b12-11+/t16-/m1/s1. The van der Waals surface area contributed by atoms with Crippen molar-refractivity contribution >= 4 is 41.1 Å². The van der Waals surface area contributed by atoms with Crippen molar-refractivity contribution in [1.29, 1.82) is 0 Å². The maximum Gasteiger partial charge on any atom is 0.308 e. The lowest BCUT2D eigenvalue weighted by Crippen LogP contribution is -2.47. The molecule has 8 heteroatoms. The first-order valence-corrected chi connectivity index (χ1v) is 9.85. The number of carbonyl (C=O) groups excluding carboxylic acids is 4. The van der Waals surface area contributed by atoms with Gasteiger partial charge in [0.15, 0.2) is 6.10 Å². The summed E-state index contributed by atoms with van der Waals surface area (Å²) < 4.78 is 5.20. The van der Waals surface area contributed by atoms with Gasteiger partial charge in [0.2, 0.25) is 11.8 Å². The average Bonchev–Trinajstić information content (AvgIpc) is 2.77. The fraction of sp³-hybridized carbons (Fsp3) is 0.217. The summed E-state index contributed by atoms with van der Waals surface area (Å²) in [6, 6.07) is 16.2. The van der Waals surface area contributed by atoms with Crippen molar-refractivity contribution in [2.24, 2.45) is 0 Å². The summed E-state index contributed by atoms with van der Waals surface area (Å²) in [5.41, 5.74) is 1.96. The quantitative estimate of drug-likeness (QED) is 0.526. The molecule has 0 saturated carbocycles. The SMILES string of the molecule is C[C@@H](OC(=O)CCNC(=O)/C=C/c1ccccc1)C(=O)N1CC(=O)Nc2ccccc21. The summed E-state index contributed by atoms with van der Waals surface area (Å²) in [7, 11) is 0. The second kappa shape index (κ2) is 10.2. The molecule has 160 valence electrons. The number of rotatable bonds is 7. The monoisotopic (exact) mass is 421 g/mol. The van der Waals surface area contributed by atoms with E-state index in [1.807, 2.05) is 30.3 Å². The second-order valence-electron chi connectivity index (χ2n) is 6.91. The Bertz CT molecular complexity index is 1000. The zero-order valence-corrected chi connectivity index (χ0v) is 17.0. The van der Waals surface area contributed by atoms with E-state index >= 15 is 0 Å². The smallest absolute Gasteiger partial charge is 0.308 e. The number of carbonyl (C=O) groups is 4. The number of nitrogens with one attached hydrogen (secondary N) is 2. The molecule has 1 aliphatic heterocycles. The Morgan fingerprint density at radius 2 is 1.84 bits per heavy atom. The van der Waals surface area contributed by atoms with E-state index in [2.05, 4.69) is 10.6 Å². The van der Waals surface area contributed by atoms with Crippen LogP contribution in [0.4, 0.5) is 11.4 Å². The summed E-state index contributed by atoms with van der Waals surface area (Å²) in [5, 5.41) is 5.29. The number of amides is 3. The van der Waals surface area contributed by atoms with E-state index in [0.29, 0.717) is 11.4 Å². The number of ether oxygens (including phenoxy) is 1. The van der Waals surface area contributed by atoms with Crippen molar-refractivity contribution in [3.63, 3.8) is 0 Å². The van der Waals surface area contributed by atoms with Crippen molar-refractivity contribution in [3.05, 3.63) is 66.2 Å². The molecular formula is C23H23N3O5. The Labute approximate surface area is 179 Å². The number of anilines is 2. The molecule has 1 aliphatic rings. The lowest BCUT2D eigenvalue weighted by Gasteiger charge is -2.30. The van der Waals surface area contributed by atoms with Crippen LogP contribution in [-0.2, 0) is 23.9 Å². The van der Waals surface area contributed by atoms with Gasteiger partial charge < -0.3 is 15.4 Å². The normalized spacial score (nSPS) is 13.8. The van der Waals surface area contributed by atoms with Gasteiger partial charge in [-0.25, -0.2) is 0 Å². The number of para-hydroxylation sites is 2. The highest BCUT2D eigenvalue weighted by atomic mass is 16.5. The van der Waals surface area contributed by atoms with Gasteiger partial charge in [0.25, 0.3) is 5.91 Å². The Hall–Kier alpha value is -3.94. The number of hydrogen-bond acceptors (Lipinski definition) is 5. The molecule has 0 aromatic heterocycles. The number of esters is 1. The maximum absolute atomic E-state index is 12.7. The van der Waals surface area contributed by atoms with Crippen LogP contribution < -0.4 is 15.5 Å². The van der Waals surface area contributed by atoms with Crippen molar-refractivity contribution in [2.75, 3.05) is 23.3 Å². The molecule has 0 aliphatic carbocycles. The van der Waals surface area contributed by atoms with Crippen molar-refractivity contribution < 1.29 is 23.9 Å². The molecule has 2 N–H and O–H groups in total. The van der Waals surface area contributed by atoms with E-state index < -0.39 is 18.0 Å². The van der Waals surface area contributed by atoms with Gasteiger partial charge in [0.1, 0.15) is 6.54 Å².